The summed E-state index contributed by atoms with van der Waals surface area (Å²) in [6.45, 7) is 5.94. The van der Waals surface area contributed by atoms with Gasteiger partial charge in [-0.1, -0.05) is 53.7 Å². The van der Waals surface area contributed by atoms with Gasteiger partial charge in [0.2, 0.25) is 5.91 Å². The van der Waals surface area contributed by atoms with E-state index in [4.69, 9.17) is 11.6 Å². The average molecular weight is 401 g/mol. The van der Waals surface area contributed by atoms with Gasteiger partial charge < -0.3 is 9.88 Å². The van der Waals surface area contributed by atoms with Crippen molar-refractivity contribution in [1.29, 1.82) is 0 Å². The van der Waals surface area contributed by atoms with Crippen molar-refractivity contribution < 1.29 is 4.79 Å². The van der Waals surface area contributed by atoms with Gasteiger partial charge in [0, 0.05) is 12.6 Å². The zero-order valence-electron chi connectivity index (χ0n) is 15.7. The number of nitrogens with zero attached hydrogens (tertiary/aromatic N) is 3. The molecule has 0 aliphatic carbocycles. The van der Waals surface area contributed by atoms with E-state index in [1.807, 2.05) is 68.8 Å². The topological polar surface area (TPSA) is 59.8 Å². The minimum atomic E-state index is -0.130. The summed E-state index contributed by atoms with van der Waals surface area (Å²) in [5, 5.41) is 12.6. The van der Waals surface area contributed by atoms with Crippen LogP contribution in [0.15, 0.2) is 41.6 Å². The Labute approximate surface area is 168 Å². The summed E-state index contributed by atoms with van der Waals surface area (Å²) in [6, 6.07) is 11.9. The predicted octanol–water partition coefficient (Wildman–Crippen LogP) is 4.79. The molecule has 2 aromatic carbocycles. The maximum absolute atomic E-state index is 12.4. The number of aryl methyl sites for hydroxylation is 3. The van der Waals surface area contributed by atoms with Crippen LogP contribution in [-0.4, -0.2) is 26.4 Å². The lowest BCUT2D eigenvalue weighted by atomic mass is 10.1. The molecule has 3 aromatic rings. The van der Waals surface area contributed by atoms with Crippen LogP contribution in [-0.2, 0) is 11.8 Å². The second-order valence-electron chi connectivity index (χ2n) is 6.46. The molecule has 3 rings (SSSR count). The number of anilines is 1. The summed E-state index contributed by atoms with van der Waals surface area (Å²) in [7, 11) is 1.91. The van der Waals surface area contributed by atoms with E-state index in [2.05, 4.69) is 15.5 Å². The number of hydrogen-bond acceptors (Lipinski definition) is 4. The van der Waals surface area contributed by atoms with E-state index < -0.39 is 0 Å². The summed E-state index contributed by atoms with van der Waals surface area (Å²) in [6.07, 6.45) is 0. The molecule has 0 saturated heterocycles. The number of halogens is 1. The third kappa shape index (κ3) is 4.34. The summed E-state index contributed by atoms with van der Waals surface area (Å²) in [5.41, 5.74) is 4.83. The second-order valence-corrected chi connectivity index (χ2v) is 7.81. The largest absolute Gasteiger partial charge is 0.324 e. The van der Waals surface area contributed by atoms with Gasteiger partial charge in [-0.05, 0) is 43.5 Å². The van der Waals surface area contributed by atoms with E-state index in [-0.39, 0.29) is 11.7 Å². The SMILES string of the molecule is Cc1cc(C)c(NC(=O)CSc2nnc(-c3ccccc3C)n2C)c(Cl)c1. The van der Waals surface area contributed by atoms with Crippen LogP contribution in [0.25, 0.3) is 11.4 Å². The normalized spacial score (nSPS) is 10.9. The smallest absolute Gasteiger partial charge is 0.234 e. The van der Waals surface area contributed by atoms with Crippen LogP contribution < -0.4 is 5.32 Å². The second kappa shape index (κ2) is 8.15. The molecule has 140 valence electrons. The average Bonchev–Trinajstić information content (AvgIpc) is 2.97. The molecule has 0 unspecified atom stereocenters. The van der Waals surface area contributed by atoms with Crippen LogP contribution in [0, 0.1) is 20.8 Å². The van der Waals surface area contributed by atoms with Gasteiger partial charge in [-0.3, -0.25) is 4.79 Å². The van der Waals surface area contributed by atoms with Crippen LogP contribution in [0.4, 0.5) is 5.69 Å². The first-order chi connectivity index (χ1) is 12.9. The molecule has 1 heterocycles. The first kappa shape index (κ1) is 19.5. The third-order valence-corrected chi connectivity index (χ3v) is 5.57. The molecular formula is C20H21ClN4OS. The summed E-state index contributed by atoms with van der Waals surface area (Å²) in [5.74, 6) is 0.881. The zero-order chi connectivity index (χ0) is 19.6. The molecule has 0 aliphatic heterocycles. The number of carbonyl (C=O) groups is 1. The Balaban J connectivity index is 1.69. The van der Waals surface area contributed by atoms with Crippen molar-refractivity contribution in [1.82, 2.24) is 14.8 Å². The molecule has 27 heavy (non-hydrogen) atoms. The van der Waals surface area contributed by atoms with Crippen molar-refractivity contribution in [2.24, 2.45) is 7.05 Å². The highest BCUT2D eigenvalue weighted by Crippen LogP contribution is 2.28. The minimum Gasteiger partial charge on any atom is -0.324 e. The van der Waals surface area contributed by atoms with Crippen molar-refractivity contribution in [2.75, 3.05) is 11.1 Å². The predicted molar refractivity (Wildman–Crippen MR) is 111 cm³/mol. The fourth-order valence-corrected chi connectivity index (χ4v) is 3.96. The monoisotopic (exact) mass is 400 g/mol. The molecule has 0 atom stereocenters. The first-order valence-electron chi connectivity index (χ1n) is 8.51. The van der Waals surface area contributed by atoms with E-state index in [0.29, 0.717) is 15.9 Å². The number of rotatable bonds is 5. The van der Waals surface area contributed by atoms with Crippen molar-refractivity contribution in [3.63, 3.8) is 0 Å². The molecule has 0 radical (unpaired) electrons. The van der Waals surface area contributed by atoms with Crippen molar-refractivity contribution in [3.8, 4) is 11.4 Å². The molecule has 7 heteroatoms. The molecule has 0 saturated carbocycles. The van der Waals surface area contributed by atoms with Crippen LogP contribution in [0.1, 0.15) is 16.7 Å². The van der Waals surface area contributed by atoms with Crippen molar-refractivity contribution >= 4 is 35.0 Å². The van der Waals surface area contributed by atoms with E-state index in [1.165, 1.54) is 11.8 Å². The number of aromatic nitrogens is 3. The number of thioether (sulfide) groups is 1. The number of carbonyl (C=O) groups excluding carboxylic acids is 1. The lowest BCUT2D eigenvalue weighted by Crippen LogP contribution is -2.15. The van der Waals surface area contributed by atoms with Crippen LogP contribution in [0.2, 0.25) is 5.02 Å². The Hall–Kier alpha value is -2.31. The van der Waals surface area contributed by atoms with Gasteiger partial charge in [0.15, 0.2) is 11.0 Å². The van der Waals surface area contributed by atoms with Gasteiger partial charge in [-0.2, -0.15) is 0 Å². The summed E-state index contributed by atoms with van der Waals surface area (Å²) >= 11 is 7.60. The molecule has 0 spiro atoms. The molecule has 1 aromatic heterocycles. The van der Waals surface area contributed by atoms with E-state index in [1.54, 1.807) is 0 Å². The molecule has 1 N–H and O–H groups in total. The van der Waals surface area contributed by atoms with Gasteiger partial charge in [-0.15, -0.1) is 10.2 Å². The number of nitrogens with one attached hydrogen (secondary N) is 1. The molecule has 0 fully saturated rings. The van der Waals surface area contributed by atoms with E-state index in [0.717, 1.165) is 28.1 Å². The van der Waals surface area contributed by atoms with Gasteiger partial charge in [0.1, 0.15) is 0 Å². The molecule has 1 amide bonds. The summed E-state index contributed by atoms with van der Waals surface area (Å²) in [4.78, 5) is 12.4. The Bertz CT molecular complexity index is 976. The van der Waals surface area contributed by atoms with Gasteiger partial charge in [0.25, 0.3) is 0 Å². The molecule has 0 aliphatic rings. The maximum atomic E-state index is 12.4. The highest BCUT2D eigenvalue weighted by Gasteiger charge is 2.15. The van der Waals surface area contributed by atoms with E-state index >= 15 is 0 Å². The quantitative estimate of drug-likeness (QED) is 0.625. The highest BCUT2D eigenvalue weighted by atomic mass is 35.5. The van der Waals surface area contributed by atoms with Crippen LogP contribution in [0.5, 0.6) is 0 Å². The molecular weight excluding hydrogens is 380 g/mol. The number of amides is 1. The Morgan fingerprint density at radius 1 is 1.15 bits per heavy atom. The maximum Gasteiger partial charge on any atom is 0.234 e. The number of benzene rings is 2. The first-order valence-corrected chi connectivity index (χ1v) is 9.88. The van der Waals surface area contributed by atoms with Crippen LogP contribution in [0.3, 0.4) is 0 Å². The number of hydrogen-bond donors (Lipinski definition) is 1. The van der Waals surface area contributed by atoms with Crippen molar-refractivity contribution in [3.05, 3.63) is 58.1 Å². The highest BCUT2D eigenvalue weighted by molar-refractivity contribution is 7.99. The fourth-order valence-electron chi connectivity index (χ4n) is 2.88. The lowest BCUT2D eigenvalue weighted by molar-refractivity contribution is -0.113. The summed E-state index contributed by atoms with van der Waals surface area (Å²) < 4.78 is 1.91. The lowest BCUT2D eigenvalue weighted by Gasteiger charge is -2.11. The molecule has 5 nitrogen and oxygen atoms in total. The third-order valence-electron chi connectivity index (χ3n) is 4.25. The van der Waals surface area contributed by atoms with E-state index in [9.17, 15) is 4.79 Å². The minimum absolute atomic E-state index is 0.130. The standard InChI is InChI=1S/C20H21ClN4OS/c1-12-9-14(3)18(16(21)10-12)22-17(26)11-27-20-24-23-19(25(20)4)15-8-6-5-7-13(15)2/h5-10H,11H2,1-4H3,(H,22,26). The Morgan fingerprint density at radius 3 is 2.59 bits per heavy atom. The Kier molecular flexibility index (Phi) is 5.87. The fraction of sp³-hybridized carbons (Fsp3) is 0.250. The molecule has 0 bridgehead atoms. The Morgan fingerprint density at radius 2 is 1.89 bits per heavy atom. The van der Waals surface area contributed by atoms with Gasteiger partial charge >= 0.3 is 0 Å². The van der Waals surface area contributed by atoms with Crippen molar-refractivity contribution in [2.45, 2.75) is 25.9 Å². The van der Waals surface area contributed by atoms with Gasteiger partial charge in [-0.25, -0.2) is 0 Å². The van der Waals surface area contributed by atoms with Crippen LogP contribution >= 0.6 is 23.4 Å². The zero-order valence-corrected chi connectivity index (χ0v) is 17.3. The van der Waals surface area contributed by atoms with Gasteiger partial charge in [0.05, 0.1) is 16.5 Å².